The van der Waals surface area contributed by atoms with Gasteiger partial charge in [0.15, 0.2) is 0 Å². The van der Waals surface area contributed by atoms with E-state index in [1.807, 2.05) is 54.2 Å². The number of hydrazone groups is 1. The van der Waals surface area contributed by atoms with Crippen LogP contribution in [0.4, 0.5) is 5.69 Å². The Bertz CT molecular complexity index is 990. The average molecular weight is 475 g/mol. The van der Waals surface area contributed by atoms with Crippen molar-refractivity contribution in [2.24, 2.45) is 11.0 Å². The minimum Gasteiger partial charge on any atom is -0.494 e. The fourth-order valence-corrected chi connectivity index (χ4v) is 4.81. The number of piperidine rings is 1. The lowest BCUT2D eigenvalue weighted by Gasteiger charge is -2.28. The normalized spacial score (nSPS) is 21.4. The van der Waals surface area contributed by atoms with Crippen molar-refractivity contribution >= 4 is 40.5 Å². The minimum absolute atomic E-state index is 0.149. The Balaban J connectivity index is 1.66. The molecule has 170 valence electrons. The number of hydrazine groups is 1. The van der Waals surface area contributed by atoms with E-state index in [0.717, 1.165) is 37.2 Å². The number of carbonyl (C=O) groups is 1. The van der Waals surface area contributed by atoms with Crippen LogP contribution in [0.2, 0.25) is 10.0 Å². The molecule has 6 nitrogen and oxygen atoms in total. The van der Waals surface area contributed by atoms with E-state index >= 15 is 0 Å². The molecule has 2 aromatic carbocycles. The number of nitrogens with zero attached hydrogens (tertiary/aromatic N) is 3. The molecule has 0 aliphatic carbocycles. The molecule has 8 heteroatoms. The van der Waals surface area contributed by atoms with Crippen LogP contribution < -0.4 is 15.2 Å². The van der Waals surface area contributed by atoms with Crippen molar-refractivity contribution in [1.29, 1.82) is 0 Å². The van der Waals surface area contributed by atoms with Crippen molar-refractivity contribution in [3.05, 3.63) is 58.1 Å². The smallest absolute Gasteiger partial charge is 0.282 e. The third-order valence-electron chi connectivity index (χ3n) is 5.92. The lowest BCUT2D eigenvalue weighted by Crippen LogP contribution is -2.48. The number of rotatable bonds is 6. The maximum atomic E-state index is 13.2. The summed E-state index contributed by atoms with van der Waals surface area (Å²) in [6.45, 7) is 6.32. The first-order valence-corrected chi connectivity index (χ1v) is 11.8. The van der Waals surface area contributed by atoms with E-state index in [-0.39, 0.29) is 17.9 Å². The molecule has 0 radical (unpaired) electrons. The maximum absolute atomic E-state index is 13.2. The number of anilines is 1. The molecule has 0 bridgehead atoms. The fraction of sp³-hybridized carbons (Fsp3) is 0.417. The number of amides is 1. The fourth-order valence-electron chi connectivity index (χ4n) is 4.32. The maximum Gasteiger partial charge on any atom is 0.282 e. The second kappa shape index (κ2) is 10.1. The van der Waals surface area contributed by atoms with Crippen LogP contribution in [0.1, 0.15) is 44.7 Å². The number of ether oxygens (including phenoxy) is 1. The van der Waals surface area contributed by atoms with Crippen LogP contribution in [0.25, 0.3) is 0 Å². The van der Waals surface area contributed by atoms with Gasteiger partial charge < -0.3 is 4.74 Å². The van der Waals surface area contributed by atoms with Crippen LogP contribution in [0.5, 0.6) is 5.75 Å². The summed E-state index contributed by atoms with van der Waals surface area (Å²) in [5.41, 5.74) is 5.27. The number of hydrogen-bond acceptors (Lipinski definition) is 5. The van der Waals surface area contributed by atoms with Crippen molar-refractivity contribution < 1.29 is 9.53 Å². The third-order valence-corrected chi connectivity index (χ3v) is 6.46. The highest BCUT2D eigenvalue weighted by molar-refractivity contribution is 6.41. The number of halogens is 2. The average Bonchev–Trinajstić information content (AvgIpc) is 3.12. The predicted molar refractivity (Wildman–Crippen MR) is 129 cm³/mol. The molecule has 2 aliphatic heterocycles. The molecule has 0 spiro atoms. The van der Waals surface area contributed by atoms with E-state index in [0.29, 0.717) is 28.1 Å². The number of benzene rings is 2. The van der Waals surface area contributed by atoms with Crippen molar-refractivity contribution in [2.45, 2.75) is 39.2 Å². The van der Waals surface area contributed by atoms with Crippen LogP contribution in [0, 0.1) is 5.92 Å². The molecule has 2 unspecified atom stereocenters. The third kappa shape index (κ3) is 4.87. The Labute approximate surface area is 199 Å². The van der Waals surface area contributed by atoms with Gasteiger partial charge >= 0.3 is 0 Å². The molecule has 1 saturated heterocycles. The molecule has 2 aliphatic rings. The lowest BCUT2D eigenvalue weighted by atomic mass is 9.91. The Morgan fingerprint density at radius 2 is 1.84 bits per heavy atom. The van der Waals surface area contributed by atoms with Gasteiger partial charge in [-0.25, -0.2) is 5.01 Å². The largest absolute Gasteiger partial charge is 0.494 e. The number of carbonyl (C=O) groups excluding carboxylic acids is 1. The van der Waals surface area contributed by atoms with Gasteiger partial charge in [-0.2, -0.15) is 5.10 Å². The summed E-state index contributed by atoms with van der Waals surface area (Å²) in [5, 5.41) is 9.63. The van der Waals surface area contributed by atoms with Crippen molar-refractivity contribution in [1.82, 2.24) is 10.4 Å². The van der Waals surface area contributed by atoms with E-state index in [4.69, 9.17) is 33.0 Å². The van der Waals surface area contributed by atoms with Crippen molar-refractivity contribution in [3.8, 4) is 5.75 Å². The van der Waals surface area contributed by atoms with E-state index in [2.05, 4.69) is 5.43 Å². The second-order valence-electron chi connectivity index (χ2n) is 8.15. The first-order valence-electron chi connectivity index (χ1n) is 11.1. The topological polar surface area (TPSA) is 57.2 Å². The van der Waals surface area contributed by atoms with Crippen LogP contribution in [0.15, 0.2) is 47.6 Å². The molecular formula is C24H28Cl2N4O2. The van der Waals surface area contributed by atoms with E-state index in [9.17, 15) is 4.79 Å². The van der Waals surface area contributed by atoms with Gasteiger partial charge in [-0.15, -0.1) is 0 Å². The summed E-state index contributed by atoms with van der Waals surface area (Å²) >= 11 is 12.7. The summed E-state index contributed by atoms with van der Waals surface area (Å²) in [7, 11) is 0. The summed E-state index contributed by atoms with van der Waals surface area (Å²) in [6, 6.07) is 13.1. The summed E-state index contributed by atoms with van der Waals surface area (Å²) in [4.78, 5) is 13.2. The van der Waals surface area contributed by atoms with Gasteiger partial charge in [0.2, 0.25) is 0 Å². The van der Waals surface area contributed by atoms with Crippen LogP contribution in [-0.2, 0) is 4.79 Å². The predicted octanol–water partition coefficient (Wildman–Crippen LogP) is 5.46. The summed E-state index contributed by atoms with van der Waals surface area (Å²) < 4.78 is 5.59. The summed E-state index contributed by atoms with van der Waals surface area (Å²) in [5.74, 6) is 0.495. The van der Waals surface area contributed by atoms with Gasteiger partial charge in [0.1, 0.15) is 11.5 Å². The van der Waals surface area contributed by atoms with Gasteiger partial charge in [-0.05, 0) is 55.7 Å². The zero-order valence-corrected chi connectivity index (χ0v) is 19.9. The molecule has 0 saturated carbocycles. The highest BCUT2D eigenvalue weighted by atomic mass is 35.5. The van der Waals surface area contributed by atoms with Crippen LogP contribution in [0.3, 0.4) is 0 Å². The number of hydrogen-bond donors (Lipinski definition) is 1. The molecule has 2 atom stereocenters. The van der Waals surface area contributed by atoms with Gasteiger partial charge in [-0.3, -0.25) is 15.2 Å². The number of nitrogens with one attached hydrogen (secondary N) is 1. The Morgan fingerprint density at radius 1 is 1.12 bits per heavy atom. The van der Waals surface area contributed by atoms with Gasteiger partial charge in [0.05, 0.1) is 23.4 Å². The van der Waals surface area contributed by atoms with Gasteiger partial charge in [-0.1, -0.05) is 48.7 Å². The zero-order chi connectivity index (χ0) is 22.7. The molecule has 32 heavy (non-hydrogen) atoms. The summed E-state index contributed by atoms with van der Waals surface area (Å²) in [6.07, 6.45) is 3.37. The quantitative estimate of drug-likeness (QED) is 0.603. The molecular weight excluding hydrogens is 447 g/mol. The molecule has 4 rings (SSSR count). The van der Waals surface area contributed by atoms with Crippen LogP contribution in [-0.4, -0.2) is 36.3 Å². The highest BCUT2D eigenvalue weighted by Crippen LogP contribution is 2.42. The standard InChI is InChI=1S/C24H28Cl2N4O2/c1-3-32-19-10-7-17(8-11-19)23-16(2)22(24(31)28-29-13-5-4-6-14-29)27-30(23)21-12-9-18(25)15-20(21)26/h7-12,15-16,23H,3-6,13-14H2,1-2H3,(H,28,31). The van der Waals surface area contributed by atoms with E-state index in [1.165, 1.54) is 6.42 Å². The van der Waals surface area contributed by atoms with Crippen LogP contribution >= 0.6 is 23.2 Å². The van der Waals surface area contributed by atoms with Gasteiger partial charge in [0.25, 0.3) is 5.91 Å². The minimum atomic E-state index is -0.188. The highest BCUT2D eigenvalue weighted by Gasteiger charge is 2.40. The van der Waals surface area contributed by atoms with Crippen molar-refractivity contribution in [2.75, 3.05) is 24.7 Å². The molecule has 1 N–H and O–H groups in total. The Kier molecular flexibility index (Phi) is 7.23. The van der Waals surface area contributed by atoms with E-state index < -0.39 is 0 Å². The zero-order valence-electron chi connectivity index (χ0n) is 18.4. The first-order chi connectivity index (χ1) is 15.5. The molecule has 0 aromatic heterocycles. The first kappa shape index (κ1) is 22.9. The Morgan fingerprint density at radius 3 is 2.50 bits per heavy atom. The molecule has 2 aromatic rings. The molecule has 1 amide bonds. The molecule has 2 heterocycles. The Hall–Kier alpha value is -2.28. The van der Waals surface area contributed by atoms with Crippen molar-refractivity contribution in [3.63, 3.8) is 0 Å². The lowest BCUT2D eigenvalue weighted by molar-refractivity contribution is -0.120. The monoisotopic (exact) mass is 474 g/mol. The van der Waals surface area contributed by atoms with E-state index in [1.54, 1.807) is 12.1 Å². The van der Waals surface area contributed by atoms with Gasteiger partial charge in [0, 0.05) is 24.0 Å². The molecule has 1 fully saturated rings. The SMILES string of the molecule is CCOc1ccc(C2C(C)C(C(=O)NN3CCCCC3)=NN2c2ccc(Cl)cc2Cl)cc1. The second-order valence-corrected chi connectivity index (χ2v) is 8.99.